The Morgan fingerprint density at radius 1 is 1.29 bits per heavy atom. The predicted molar refractivity (Wildman–Crippen MR) is 84.0 cm³/mol. The molecule has 110 valence electrons. The predicted octanol–water partition coefficient (Wildman–Crippen LogP) is 4.54. The maximum absolute atomic E-state index is 13.3. The Hall–Kier alpha value is -1.95. The fourth-order valence-corrected chi connectivity index (χ4v) is 2.32. The van der Waals surface area contributed by atoms with Crippen molar-refractivity contribution in [3.63, 3.8) is 0 Å². The SMILES string of the molecule is CC(Cc1ccc(Br)cc1)Nc1ccc(F)c([N+](=O)[O-])c1. The Morgan fingerprint density at radius 3 is 2.57 bits per heavy atom. The zero-order valence-corrected chi connectivity index (χ0v) is 12.9. The first-order valence-electron chi connectivity index (χ1n) is 6.40. The van der Waals surface area contributed by atoms with Crippen LogP contribution in [0.15, 0.2) is 46.9 Å². The number of nitro groups is 1. The van der Waals surface area contributed by atoms with Crippen molar-refractivity contribution in [2.24, 2.45) is 0 Å². The molecule has 0 radical (unpaired) electrons. The van der Waals surface area contributed by atoms with Crippen LogP contribution in [0.4, 0.5) is 15.8 Å². The van der Waals surface area contributed by atoms with Crippen molar-refractivity contribution in [3.05, 3.63) is 68.4 Å². The molecular formula is C15H14BrFN2O2. The monoisotopic (exact) mass is 352 g/mol. The molecule has 1 N–H and O–H groups in total. The summed E-state index contributed by atoms with van der Waals surface area (Å²) < 4.78 is 14.3. The molecule has 0 amide bonds. The van der Waals surface area contributed by atoms with E-state index in [1.54, 1.807) is 0 Å². The van der Waals surface area contributed by atoms with Crippen molar-refractivity contribution in [3.8, 4) is 0 Å². The summed E-state index contributed by atoms with van der Waals surface area (Å²) in [5.41, 5.74) is 1.17. The molecule has 0 saturated carbocycles. The second-order valence-corrected chi connectivity index (χ2v) is 5.71. The normalized spacial score (nSPS) is 12.0. The first kappa shape index (κ1) is 15.4. The summed E-state index contributed by atoms with van der Waals surface area (Å²) in [7, 11) is 0. The van der Waals surface area contributed by atoms with Gasteiger partial charge in [0.1, 0.15) is 0 Å². The molecule has 0 aliphatic rings. The van der Waals surface area contributed by atoms with Gasteiger partial charge in [-0.05, 0) is 43.2 Å². The second-order valence-electron chi connectivity index (χ2n) is 4.80. The molecule has 6 heteroatoms. The number of halogens is 2. The van der Waals surface area contributed by atoms with E-state index in [9.17, 15) is 14.5 Å². The van der Waals surface area contributed by atoms with Crippen LogP contribution in [0.1, 0.15) is 12.5 Å². The Morgan fingerprint density at radius 2 is 1.95 bits per heavy atom. The molecule has 2 aromatic rings. The lowest BCUT2D eigenvalue weighted by Crippen LogP contribution is -2.18. The average Bonchev–Trinajstić information content (AvgIpc) is 2.43. The van der Waals surface area contributed by atoms with Crippen LogP contribution in [-0.4, -0.2) is 11.0 Å². The van der Waals surface area contributed by atoms with Gasteiger partial charge in [0, 0.05) is 22.3 Å². The van der Waals surface area contributed by atoms with Crippen LogP contribution >= 0.6 is 15.9 Å². The number of hydrogen-bond acceptors (Lipinski definition) is 3. The van der Waals surface area contributed by atoms with Crippen LogP contribution in [-0.2, 0) is 6.42 Å². The van der Waals surface area contributed by atoms with Gasteiger partial charge in [-0.1, -0.05) is 28.1 Å². The second kappa shape index (κ2) is 6.67. The van der Waals surface area contributed by atoms with Crippen LogP contribution in [0.25, 0.3) is 0 Å². The summed E-state index contributed by atoms with van der Waals surface area (Å²) in [5, 5.41) is 13.9. The van der Waals surface area contributed by atoms with Gasteiger partial charge < -0.3 is 5.32 Å². The lowest BCUT2D eigenvalue weighted by Gasteiger charge is -2.15. The van der Waals surface area contributed by atoms with Crippen LogP contribution in [0.2, 0.25) is 0 Å². The van der Waals surface area contributed by atoms with E-state index in [-0.39, 0.29) is 6.04 Å². The van der Waals surface area contributed by atoms with Gasteiger partial charge in [0.15, 0.2) is 0 Å². The summed E-state index contributed by atoms with van der Waals surface area (Å²) in [4.78, 5) is 9.99. The molecular weight excluding hydrogens is 339 g/mol. The lowest BCUT2D eigenvalue weighted by atomic mass is 10.1. The number of benzene rings is 2. The number of anilines is 1. The highest BCUT2D eigenvalue weighted by Crippen LogP contribution is 2.22. The number of nitro benzene ring substituents is 1. The molecule has 4 nitrogen and oxygen atoms in total. The van der Waals surface area contributed by atoms with Crippen LogP contribution in [0.3, 0.4) is 0 Å². The van der Waals surface area contributed by atoms with Crippen LogP contribution < -0.4 is 5.32 Å². The van der Waals surface area contributed by atoms with E-state index in [1.165, 1.54) is 12.1 Å². The molecule has 2 aromatic carbocycles. The maximum atomic E-state index is 13.3. The molecule has 0 aromatic heterocycles. The third-order valence-electron chi connectivity index (χ3n) is 3.01. The van der Waals surface area contributed by atoms with E-state index >= 15 is 0 Å². The van der Waals surface area contributed by atoms with E-state index in [2.05, 4.69) is 21.2 Å². The molecule has 1 unspecified atom stereocenters. The highest BCUT2D eigenvalue weighted by atomic mass is 79.9. The molecule has 0 aliphatic heterocycles. The van der Waals surface area contributed by atoms with E-state index in [0.717, 1.165) is 22.5 Å². The van der Waals surface area contributed by atoms with Crippen LogP contribution in [0, 0.1) is 15.9 Å². The molecule has 0 heterocycles. The Bertz CT molecular complexity index is 647. The first-order valence-corrected chi connectivity index (χ1v) is 7.20. The zero-order valence-electron chi connectivity index (χ0n) is 11.3. The molecule has 0 aliphatic carbocycles. The molecule has 0 bridgehead atoms. The number of nitrogens with one attached hydrogen (secondary N) is 1. The van der Waals surface area contributed by atoms with Crippen molar-refractivity contribution in [1.82, 2.24) is 0 Å². The minimum atomic E-state index is -0.828. The van der Waals surface area contributed by atoms with Gasteiger partial charge in [-0.25, -0.2) is 0 Å². The minimum Gasteiger partial charge on any atom is -0.382 e. The third kappa shape index (κ3) is 4.26. The lowest BCUT2D eigenvalue weighted by molar-refractivity contribution is -0.387. The minimum absolute atomic E-state index is 0.0660. The van der Waals surface area contributed by atoms with Crippen molar-refractivity contribution in [2.75, 3.05) is 5.32 Å². The average molecular weight is 353 g/mol. The van der Waals surface area contributed by atoms with Gasteiger partial charge in [0.05, 0.1) is 4.92 Å². The van der Waals surface area contributed by atoms with Gasteiger partial charge in [0.2, 0.25) is 5.82 Å². The fraction of sp³-hybridized carbons (Fsp3) is 0.200. The molecule has 2 rings (SSSR count). The van der Waals surface area contributed by atoms with Gasteiger partial charge in [0.25, 0.3) is 0 Å². The van der Waals surface area contributed by atoms with Gasteiger partial charge in [-0.15, -0.1) is 0 Å². The summed E-state index contributed by atoms with van der Waals surface area (Å²) in [5.74, 6) is -0.828. The van der Waals surface area contributed by atoms with Crippen molar-refractivity contribution in [1.29, 1.82) is 0 Å². The Labute approximate surface area is 130 Å². The molecule has 21 heavy (non-hydrogen) atoms. The summed E-state index contributed by atoms with van der Waals surface area (Å²) >= 11 is 3.38. The molecule has 0 fully saturated rings. The standard InChI is InChI=1S/C15H14BrFN2O2/c1-10(8-11-2-4-12(16)5-3-11)18-13-6-7-14(17)15(9-13)19(20)21/h2-7,9-10,18H,8H2,1H3. The zero-order chi connectivity index (χ0) is 15.4. The smallest absolute Gasteiger partial charge is 0.306 e. The Kier molecular flexibility index (Phi) is 4.90. The first-order chi connectivity index (χ1) is 9.95. The highest BCUT2D eigenvalue weighted by Gasteiger charge is 2.15. The van der Waals surface area contributed by atoms with E-state index < -0.39 is 16.4 Å². The molecule has 0 saturated heterocycles. The summed E-state index contributed by atoms with van der Waals surface area (Å²) in [6.07, 6.45) is 0.762. The van der Waals surface area contributed by atoms with E-state index in [1.807, 2.05) is 31.2 Å². The number of rotatable bonds is 5. The maximum Gasteiger partial charge on any atom is 0.306 e. The topological polar surface area (TPSA) is 55.2 Å². The van der Waals surface area contributed by atoms with E-state index in [0.29, 0.717) is 5.69 Å². The third-order valence-corrected chi connectivity index (χ3v) is 3.54. The number of nitrogens with zero attached hydrogens (tertiary/aromatic N) is 1. The van der Waals surface area contributed by atoms with Gasteiger partial charge in [-0.3, -0.25) is 10.1 Å². The highest BCUT2D eigenvalue weighted by molar-refractivity contribution is 9.10. The fourth-order valence-electron chi connectivity index (χ4n) is 2.05. The Balaban J connectivity index is 2.05. The quantitative estimate of drug-likeness (QED) is 0.634. The largest absolute Gasteiger partial charge is 0.382 e. The van der Waals surface area contributed by atoms with Gasteiger partial charge in [-0.2, -0.15) is 4.39 Å². The van der Waals surface area contributed by atoms with E-state index in [4.69, 9.17) is 0 Å². The van der Waals surface area contributed by atoms with Crippen molar-refractivity contribution in [2.45, 2.75) is 19.4 Å². The van der Waals surface area contributed by atoms with Gasteiger partial charge >= 0.3 is 5.69 Å². The molecule has 1 atom stereocenters. The summed E-state index contributed by atoms with van der Waals surface area (Å²) in [6, 6.07) is 11.8. The van der Waals surface area contributed by atoms with Crippen molar-refractivity contribution >= 4 is 27.3 Å². The number of hydrogen-bond donors (Lipinski definition) is 1. The van der Waals surface area contributed by atoms with Crippen molar-refractivity contribution < 1.29 is 9.31 Å². The van der Waals surface area contributed by atoms with Crippen LogP contribution in [0.5, 0.6) is 0 Å². The summed E-state index contributed by atoms with van der Waals surface area (Å²) in [6.45, 7) is 1.97. The molecule has 0 spiro atoms.